The van der Waals surface area contributed by atoms with Crippen LogP contribution in [-0.4, -0.2) is 31.3 Å². The van der Waals surface area contributed by atoms with E-state index in [0.29, 0.717) is 11.7 Å². The minimum atomic E-state index is 0.469. The summed E-state index contributed by atoms with van der Waals surface area (Å²) in [6.07, 6.45) is 5.69. The first-order chi connectivity index (χ1) is 9.29. The van der Waals surface area contributed by atoms with Gasteiger partial charge in [0.15, 0.2) is 5.65 Å². The Morgan fingerprint density at radius 3 is 3.05 bits per heavy atom. The zero-order valence-electron chi connectivity index (χ0n) is 11.0. The second kappa shape index (κ2) is 4.15. The first kappa shape index (κ1) is 11.1. The van der Waals surface area contributed by atoms with Crippen LogP contribution in [0.3, 0.4) is 0 Å². The minimum absolute atomic E-state index is 0.469. The van der Waals surface area contributed by atoms with E-state index in [0.717, 1.165) is 23.6 Å². The Morgan fingerprint density at radius 2 is 2.26 bits per heavy atom. The Hall–Kier alpha value is -1.72. The molecular weight excluding hydrogens is 240 g/mol. The maximum atomic E-state index is 4.38. The molecule has 4 rings (SSSR count). The monoisotopic (exact) mass is 258 g/mol. The van der Waals surface area contributed by atoms with E-state index in [-0.39, 0.29) is 0 Å². The lowest BCUT2D eigenvalue weighted by atomic mass is 9.84. The van der Waals surface area contributed by atoms with Crippen molar-refractivity contribution < 1.29 is 0 Å². The number of tetrazole rings is 1. The molecule has 2 heterocycles. The standard InChI is InChI=1S/C13H18N6/c1-8(11-7-9-2-3-10(11)6-9)14-12-4-5-13-15-17-18-19(13)16-12/h4-5,8-11H,2-3,6-7H2,1H3,(H,14,16)/t8-,9+,10+,11+/m1/s1. The van der Waals surface area contributed by atoms with Gasteiger partial charge in [0.05, 0.1) is 0 Å². The molecule has 0 aliphatic heterocycles. The van der Waals surface area contributed by atoms with E-state index >= 15 is 0 Å². The highest BCUT2D eigenvalue weighted by Crippen LogP contribution is 2.49. The van der Waals surface area contributed by atoms with Gasteiger partial charge in [-0.3, -0.25) is 0 Å². The van der Waals surface area contributed by atoms with Gasteiger partial charge in [0.1, 0.15) is 5.82 Å². The molecule has 2 aromatic rings. The molecule has 4 atom stereocenters. The van der Waals surface area contributed by atoms with Crippen LogP contribution in [0.25, 0.3) is 5.65 Å². The van der Waals surface area contributed by atoms with E-state index in [9.17, 15) is 0 Å². The summed E-state index contributed by atoms with van der Waals surface area (Å²) in [5.74, 6) is 3.55. The van der Waals surface area contributed by atoms with Crippen molar-refractivity contribution in [3.63, 3.8) is 0 Å². The summed E-state index contributed by atoms with van der Waals surface area (Å²) in [6, 6.07) is 4.31. The smallest absolute Gasteiger partial charge is 0.200 e. The van der Waals surface area contributed by atoms with Crippen LogP contribution in [0.2, 0.25) is 0 Å². The highest BCUT2D eigenvalue weighted by atomic mass is 15.6. The van der Waals surface area contributed by atoms with Gasteiger partial charge >= 0.3 is 0 Å². The Bertz CT molecular complexity index is 594. The summed E-state index contributed by atoms with van der Waals surface area (Å²) in [4.78, 5) is 0. The number of anilines is 1. The number of nitrogens with zero attached hydrogens (tertiary/aromatic N) is 5. The quantitative estimate of drug-likeness (QED) is 0.908. The largest absolute Gasteiger partial charge is 0.366 e. The van der Waals surface area contributed by atoms with Crippen LogP contribution < -0.4 is 5.32 Å². The van der Waals surface area contributed by atoms with E-state index in [1.807, 2.05) is 12.1 Å². The van der Waals surface area contributed by atoms with Gasteiger partial charge in [-0.2, -0.15) is 0 Å². The van der Waals surface area contributed by atoms with Crippen LogP contribution in [0.4, 0.5) is 5.82 Å². The fourth-order valence-electron chi connectivity index (χ4n) is 3.97. The molecule has 2 fully saturated rings. The molecule has 2 bridgehead atoms. The molecule has 100 valence electrons. The number of nitrogens with one attached hydrogen (secondary N) is 1. The average molecular weight is 258 g/mol. The summed E-state index contributed by atoms with van der Waals surface area (Å²) in [5, 5.41) is 19.2. The molecule has 6 heteroatoms. The molecule has 2 aliphatic rings. The molecule has 1 N–H and O–H groups in total. The Morgan fingerprint density at radius 1 is 1.32 bits per heavy atom. The highest BCUT2D eigenvalue weighted by molar-refractivity contribution is 5.42. The molecule has 0 aromatic carbocycles. The van der Waals surface area contributed by atoms with Crippen LogP contribution in [0.5, 0.6) is 0 Å². The van der Waals surface area contributed by atoms with Crippen molar-refractivity contribution in [2.75, 3.05) is 5.32 Å². The van der Waals surface area contributed by atoms with Crippen molar-refractivity contribution in [3.8, 4) is 0 Å². The van der Waals surface area contributed by atoms with Crippen LogP contribution in [0.1, 0.15) is 32.6 Å². The SMILES string of the molecule is C[C@@H](Nc1ccc2nnnn2n1)[C@@H]1C[C@H]2CC[C@H]1C2. The lowest BCUT2D eigenvalue weighted by Crippen LogP contribution is -2.30. The summed E-state index contributed by atoms with van der Waals surface area (Å²) in [5.41, 5.74) is 0.679. The van der Waals surface area contributed by atoms with Crippen LogP contribution in [0.15, 0.2) is 12.1 Å². The Kier molecular flexibility index (Phi) is 2.43. The normalized spacial score (nSPS) is 30.9. The predicted molar refractivity (Wildman–Crippen MR) is 70.6 cm³/mol. The second-order valence-electron chi connectivity index (χ2n) is 6.02. The van der Waals surface area contributed by atoms with Crippen molar-refractivity contribution in [2.45, 2.75) is 38.6 Å². The summed E-state index contributed by atoms with van der Waals surface area (Å²) in [6.45, 7) is 2.27. The van der Waals surface area contributed by atoms with Gasteiger partial charge < -0.3 is 5.32 Å². The highest BCUT2D eigenvalue weighted by Gasteiger charge is 2.41. The van der Waals surface area contributed by atoms with Gasteiger partial charge in [-0.1, -0.05) is 6.42 Å². The zero-order valence-corrected chi connectivity index (χ0v) is 11.0. The molecule has 2 aliphatic carbocycles. The molecule has 0 unspecified atom stereocenters. The maximum absolute atomic E-state index is 4.38. The van der Waals surface area contributed by atoms with Crippen molar-refractivity contribution >= 4 is 11.5 Å². The van der Waals surface area contributed by atoms with Gasteiger partial charge in [-0.15, -0.1) is 14.8 Å². The van der Waals surface area contributed by atoms with Crippen molar-refractivity contribution in [1.29, 1.82) is 0 Å². The summed E-state index contributed by atoms with van der Waals surface area (Å²) in [7, 11) is 0. The molecular formula is C13H18N6. The van der Waals surface area contributed by atoms with Gasteiger partial charge in [0.25, 0.3) is 0 Å². The van der Waals surface area contributed by atoms with Crippen molar-refractivity contribution in [2.24, 2.45) is 17.8 Å². The number of rotatable bonds is 3. The molecule has 6 nitrogen and oxygen atoms in total. The lowest BCUT2D eigenvalue weighted by Gasteiger charge is -2.28. The molecule has 19 heavy (non-hydrogen) atoms. The van der Waals surface area contributed by atoms with Crippen molar-refractivity contribution in [1.82, 2.24) is 25.3 Å². The molecule has 0 amide bonds. The van der Waals surface area contributed by atoms with E-state index in [4.69, 9.17) is 0 Å². The molecule has 2 aromatic heterocycles. The third-order valence-corrected chi connectivity index (χ3v) is 4.88. The number of hydrogen-bond donors (Lipinski definition) is 1. The first-order valence-electron chi connectivity index (χ1n) is 7.11. The summed E-state index contributed by atoms with van der Waals surface area (Å²) < 4.78 is 1.47. The number of aromatic nitrogens is 5. The minimum Gasteiger partial charge on any atom is -0.366 e. The third-order valence-electron chi connectivity index (χ3n) is 4.88. The third kappa shape index (κ3) is 1.86. The molecule has 2 saturated carbocycles. The van der Waals surface area contributed by atoms with Gasteiger partial charge in [0, 0.05) is 6.04 Å². The molecule has 0 spiro atoms. The van der Waals surface area contributed by atoms with Crippen LogP contribution in [-0.2, 0) is 0 Å². The van der Waals surface area contributed by atoms with E-state index in [1.54, 1.807) is 0 Å². The van der Waals surface area contributed by atoms with Gasteiger partial charge in [-0.25, -0.2) is 0 Å². The van der Waals surface area contributed by atoms with Crippen LogP contribution in [0, 0.1) is 17.8 Å². The molecule has 0 saturated heterocycles. The predicted octanol–water partition coefficient (Wildman–Crippen LogP) is 1.76. The zero-order chi connectivity index (χ0) is 12.8. The lowest BCUT2D eigenvalue weighted by molar-refractivity contribution is 0.303. The van der Waals surface area contributed by atoms with Crippen LogP contribution >= 0.6 is 0 Å². The molecule has 0 radical (unpaired) electrons. The van der Waals surface area contributed by atoms with Crippen molar-refractivity contribution in [3.05, 3.63) is 12.1 Å². The fraction of sp³-hybridized carbons (Fsp3) is 0.692. The van der Waals surface area contributed by atoms with E-state index in [2.05, 4.69) is 32.9 Å². The Balaban J connectivity index is 1.50. The fourth-order valence-corrected chi connectivity index (χ4v) is 3.97. The van der Waals surface area contributed by atoms with E-state index in [1.165, 1.54) is 30.3 Å². The average Bonchev–Trinajstić information content (AvgIpc) is 3.13. The topological polar surface area (TPSA) is 68.0 Å². The second-order valence-corrected chi connectivity index (χ2v) is 6.02. The number of fused-ring (bicyclic) bond motifs is 3. The Labute approximate surface area is 111 Å². The van der Waals surface area contributed by atoms with Gasteiger partial charge in [0.2, 0.25) is 0 Å². The van der Waals surface area contributed by atoms with E-state index < -0.39 is 0 Å². The number of hydrogen-bond acceptors (Lipinski definition) is 5. The summed E-state index contributed by atoms with van der Waals surface area (Å²) >= 11 is 0. The maximum Gasteiger partial charge on any atom is 0.200 e. The first-order valence-corrected chi connectivity index (χ1v) is 7.11. The van der Waals surface area contributed by atoms with Gasteiger partial charge in [-0.05, 0) is 66.5 Å².